The highest BCUT2D eigenvalue weighted by Crippen LogP contribution is 2.38. The summed E-state index contributed by atoms with van der Waals surface area (Å²) in [6.45, 7) is 4.06. The second-order valence-corrected chi connectivity index (χ2v) is 5.35. The summed E-state index contributed by atoms with van der Waals surface area (Å²) in [5, 5.41) is 2.93. The number of amides is 1. The molecule has 23 heavy (non-hydrogen) atoms. The van der Waals surface area contributed by atoms with Crippen LogP contribution in [0.4, 0.5) is 0 Å². The van der Waals surface area contributed by atoms with E-state index in [1.54, 1.807) is 21.3 Å². The van der Waals surface area contributed by atoms with Gasteiger partial charge in [0.2, 0.25) is 5.75 Å². The van der Waals surface area contributed by atoms with Crippen molar-refractivity contribution >= 4 is 5.91 Å². The Bertz CT molecular complexity index is 504. The number of rotatable bonds is 7. The molecule has 7 nitrogen and oxygen atoms in total. The zero-order valence-electron chi connectivity index (χ0n) is 13.9. The van der Waals surface area contributed by atoms with Crippen molar-refractivity contribution < 1.29 is 28.6 Å². The molecule has 0 spiro atoms. The fraction of sp³-hybridized carbons (Fsp3) is 0.562. The van der Waals surface area contributed by atoms with Crippen LogP contribution in [0.5, 0.6) is 17.2 Å². The molecule has 1 fully saturated rings. The molecule has 0 atom stereocenters. The van der Waals surface area contributed by atoms with Gasteiger partial charge in [0.05, 0.1) is 34.5 Å². The van der Waals surface area contributed by atoms with E-state index in [4.69, 9.17) is 18.9 Å². The second-order valence-electron chi connectivity index (χ2n) is 5.35. The van der Waals surface area contributed by atoms with E-state index >= 15 is 0 Å². The fourth-order valence-corrected chi connectivity index (χ4v) is 2.56. The summed E-state index contributed by atoms with van der Waals surface area (Å²) in [5.74, 6) is 1.73. The van der Waals surface area contributed by atoms with Crippen molar-refractivity contribution in [3.05, 3.63) is 17.7 Å². The molecular weight excluding hydrogens is 300 g/mol. The highest BCUT2D eigenvalue weighted by atomic mass is 16.5. The van der Waals surface area contributed by atoms with E-state index in [2.05, 4.69) is 5.32 Å². The van der Waals surface area contributed by atoms with E-state index in [0.29, 0.717) is 30.3 Å². The van der Waals surface area contributed by atoms with Crippen LogP contribution in [-0.4, -0.2) is 60.1 Å². The van der Waals surface area contributed by atoms with E-state index in [0.717, 1.165) is 31.9 Å². The maximum Gasteiger partial charge on any atom is 0.275 e. The van der Waals surface area contributed by atoms with Crippen LogP contribution in [0.1, 0.15) is 5.56 Å². The minimum absolute atomic E-state index is 0.0238. The van der Waals surface area contributed by atoms with Gasteiger partial charge in [-0.15, -0.1) is 0 Å². The van der Waals surface area contributed by atoms with Gasteiger partial charge in [-0.3, -0.25) is 4.79 Å². The van der Waals surface area contributed by atoms with Gasteiger partial charge < -0.3 is 29.2 Å². The topological polar surface area (TPSA) is 70.5 Å². The van der Waals surface area contributed by atoms with E-state index in [-0.39, 0.29) is 5.91 Å². The molecule has 1 heterocycles. The normalized spacial score (nSPS) is 15.1. The third-order valence-corrected chi connectivity index (χ3v) is 3.82. The number of methoxy groups -OCH3 is 3. The Kier molecular flexibility index (Phi) is 6.49. The predicted molar refractivity (Wildman–Crippen MR) is 84.3 cm³/mol. The van der Waals surface area contributed by atoms with E-state index in [1.807, 2.05) is 12.1 Å². The van der Waals surface area contributed by atoms with Crippen LogP contribution >= 0.6 is 0 Å². The Labute approximate surface area is 136 Å². The molecule has 0 bridgehead atoms. The standard InChI is InChI=1S/C16H24N2O5/c1-20-13-8-12(9-14(21-2)16(13)22-3)10-17-15(19)11-18-4-6-23-7-5-18/h8-9H,4-7,10-11H2,1-3H3,(H,17,19)/p+1. The monoisotopic (exact) mass is 325 g/mol. The quantitative estimate of drug-likeness (QED) is 0.690. The molecule has 2 rings (SSSR count). The van der Waals surface area contributed by atoms with Crippen molar-refractivity contribution in [2.45, 2.75) is 6.54 Å². The second kappa shape index (κ2) is 8.59. The summed E-state index contributed by atoms with van der Waals surface area (Å²) in [5.41, 5.74) is 0.893. The predicted octanol–water partition coefficient (Wildman–Crippen LogP) is -0.756. The van der Waals surface area contributed by atoms with E-state index in [1.165, 1.54) is 4.90 Å². The highest BCUT2D eigenvalue weighted by Gasteiger charge is 2.18. The van der Waals surface area contributed by atoms with Crippen LogP contribution in [0.2, 0.25) is 0 Å². The molecule has 0 aliphatic carbocycles. The summed E-state index contributed by atoms with van der Waals surface area (Å²) in [7, 11) is 4.70. The zero-order chi connectivity index (χ0) is 16.7. The first-order chi connectivity index (χ1) is 11.2. The Morgan fingerprint density at radius 2 is 1.74 bits per heavy atom. The lowest BCUT2D eigenvalue weighted by molar-refractivity contribution is -0.900. The molecule has 7 heteroatoms. The van der Waals surface area contributed by atoms with Crippen LogP contribution in [-0.2, 0) is 16.1 Å². The van der Waals surface area contributed by atoms with E-state index < -0.39 is 0 Å². The highest BCUT2D eigenvalue weighted by molar-refractivity contribution is 5.76. The summed E-state index contributed by atoms with van der Waals surface area (Å²) in [6.07, 6.45) is 0. The first kappa shape index (κ1) is 17.4. The smallest absolute Gasteiger partial charge is 0.275 e. The molecule has 1 aliphatic rings. The number of ether oxygens (including phenoxy) is 4. The first-order valence-electron chi connectivity index (χ1n) is 7.64. The van der Waals surface area contributed by atoms with E-state index in [9.17, 15) is 4.79 Å². The van der Waals surface area contributed by atoms with Gasteiger partial charge in [0.15, 0.2) is 18.0 Å². The molecule has 1 aromatic rings. The first-order valence-corrected chi connectivity index (χ1v) is 7.64. The molecule has 1 saturated heterocycles. The van der Waals surface area contributed by atoms with Gasteiger partial charge in [-0.2, -0.15) is 0 Å². The molecule has 1 amide bonds. The molecule has 0 unspecified atom stereocenters. The van der Waals surface area contributed by atoms with Crippen LogP contribution in [0.15, 0.2) is 12.1 Å². The average molecular weight is 325 g/mol. The van der Waals surface area contributed by atoms with Gasteiger partial charge in [-0.1, -0.05) is 0 Å². The number of morpholine rings is 1. The lowest BCUT2D eigenvalue weighted by Gasteiger charge is -2.23. The van der Waals surface area contributed by atoms with Crippen molar-refractivity contribution in [2.75, 3.05) is 54.2 Å². The molecule has 0 radical (unpaired) electrons. The molecule has 1 aromatic carbocycles. The van der Waals surface area contributed by atoms with Crippen LogP contribution in [0, 0.1) is 0 Å². The lowest BCUT2D eigenvalue weighted by atomic mass is 10.1. The van der Waals surface area contributed by atoms with Gasteiger partial charge in [-0.25, -0.2) is 0 Å². The Morgan fingerprint density at radius 3 is 2.26 bits per heavy atom. The van der Waals surface area contributed by atoms with Crippen molar-refractivity contribution in [3.63, 3.8) is 0 Å². The van der Waals surface area contributed by atoms with Gasteiger partial charge in [0, 0.05) is 6.54 Å². The summed E-state index contributed by atoms with van der Waals surface area (Å²) in [6, 6.07) is 3.67. The maximum atomic E-state index is 12.1. The van der Waals surface area contributed by atoms with Gasteiger partial charge in [-0.05, 0) is 17.7 Å². The minimum Gasteiger partial charge on any atom is -0.493 e. The summed E-state index contributed by atoms with van der Waals surface area (Å²) >= 11 is 0. The van der Waals surface area contributed by atoms with Gasteiger partial charge in [0.1, 0.15) is 13.1 Å². The average Bonchev–Trinajstić information content (AvgIpc) is 2.59. The Balaban J connectivity index is 1.95. The van der Waals surface area contributed by atoms with Crippen LogP contribution in [0.3, 0.4) is 0 Å². The SMILES string of the molecule is COc1cc(CNC(=O)C[NH+]2CCOCC2)cc(OC)c1OC. The van der Waals surface area contributed by atoms with Gasteiger partial charge in [0.25, 0.3) is 5.91 Å². The number of quaternary nitrogens is 1. The number of nitrogens with one attached hydrogen (secondary N) is 2. The minimum atomic E-state index is 0.0238. The third kappa shape index (κ3) is 4.74. The Hall–Kier alpha value is -1.99. The molecule has 128 valence electrons. The molecule has 2 N–H and O–H groups in total. The number of hydrogen-bond acceptors (Lipinski definition) is 5. The fourth-order valence-electron chi connectivity index (χ4n) is 2.56. The summed E-state index contributed by atoms with van der Waals surface area (Å²) in [4.78, 5) is 13.3. The maximum absolute atomic E-state index is 12.1. The van der Waals surface area contributed by atoms with Crippen molar-refractivity contribution in [3.8, 4) is 17.2 Å². The van der Waals surface area contributed by atoms with Crippen LogP contribution in [0.25, 0.3) is 0 Å². The number of benzene rings is 1. The largest absolute Gasteiger partial charge is 0.493 e. The van der Waals surface area contributed by atoms with Crippen molar-refractivity contribution in [1.82, 2.24) is 5.32 Å². The van der Waals surface area contributed by atoms with Crippen molar-refractivity contribution in [2.24, 2.45) is 0 Å². The Morgan fingerprint density at radius 1 is 1.13 bits per heavy atom. The molecule has 0 saturated carbocycles. The third-order valence-electron chi connectivity index (χ3n) is 3.82. The molecular formula is C16H25N2O5+. The van der Waals surface area contributed by atoms with Crippen LogP contribution < -0.4 is 24.4 Å². The zero-order valence-corrected chi connectivity index (χ0v) is 13.9. The number of carbonyl (C=O) groups excluding carboxylic acids is 1. The molecule has 1 aliphatic heterocycles. The van der Waals surface area contributed by atoms with Gasteiger partial charge >= 0.3 is 0 Å². The number of carbonyl (C=O) groups is 1. The molecule has 0 aromatic heterocycles. The lowest BCUT2D eigenvalue weighted by Crippen LogP contribution is -3.15. The van der Waals surface area contributed by atoms with Crippen molar-refractivity contribution in [1.29, 1.82) is 0 Å². The number of hydrogen-bond donors (Lipinski definition) is 2. The summed E-state index contributed by atoms with van der Waals surface area (Å²) < 4.78 is 21.2.